The minimum atomic E-state index is -0.910. The summed E-state index contributed by atoms with van der Waals surface area (Å²) in [7, 11) is 0. The molecule has 3 N–H and O–H groups in total. The Hall–Kier alpha value is -2.04. The molecule has 0 saturated heterocycles. The van der Waals surface area contributed by atoms with Crippen LogP contribution in [0.3, 0.4) is 0 Å². The van der Waals surface area contributed by atoms with Crippen LogP contribution in [0, 0.1) is 5.41 Å². The molecule has 5 heteroatoms. The van der Waals surface area contributed by atoms with Crippen molar-refractivity contribution in [3.8, 4) is 0 Å². The lowest BCUT2D eigenvalue weighted by Gasteiger charge is -2.25. The SMILES string of the molecule is CC(C)(C)CC(CC(=O)O)NC(=O)NCc1ccccc1. The summed E-state index contributed by atoms with van der Waals surface area (Å²) in [6.07, 6.45) is 0.536. The standard InChI is InChI=1S/C16H24N2O3/c1-16(2,3)10-13(9-14(19)20)18-15(21)17-11-12-7-5-4-6-8-12/h4-8,13H,9-11H2,1-3H3,(H,19,20)(H2,17,18,21). The second-order valence-electron chi connectivity index (χ2n) is 6.37. The van der Waals surface area contributed by atoms with Crippen molar-refractivity contribution in [2.45, 2.75) is 46.2 Å². The van der Waals surface area contributed by atoms with E-state index in [2.05, 4.69) is 10.6 Å². The molecule has 0 aliphatic heterocycles. The number of carbonyl (C=O) groups is 2. The number of carboxylic acid groups (broad SMARTS) is 1. The van der Waals surface area contributed by atoms with E-state index in [0.29, 0.717) is 13.0 Å². The summed E-state index contributed by atoms with van der Waals surface area (Å²) in [4.78, 5) is 22.8. The molecule has 0 saturated carbocycles. The van der Waals surface area contributed by atoms with Gasteiger partial charge in [0.15, 0.2) is 0 Å². The summed E-state index contributed by atoms with van der Waals surface area (Å²) < 4.78 is 0. The van der Waals surface area contributed by atoms with Crippen LogP contribution in [-0.4, -0.2) is 23.1 Å². The second-order valence-corrected chi connectivity index (χ2v) is 6.37. The second kappa shape index (κ2) is 7.67. The van der Waals surface area contributed by atoms with Crippen molar-refractivity contribution >= 4 is 12.0 Å². The van der Waals surface area contributed by atoms with E-state index in [4.69, 9.17) is 5.11 Å². The number of carboxylic acids is 1. The molecular weight excluding hydrogens is 268 g/mol. The number of carbonyl (C=O) groups excluding carboxylic acids is 1. The Morgan fingerprint density at radius 1 is 1.19 bits per heavy atom. The minimum Gasteiger partial charge on any atom is -0.481 e. The first-order valence-corrected chi connectivity index (χ1v) is 7.06. The fourth-order valence-electron chi connectivity index (χ4n) is 2.14. The summed E-state index contributed by atoms with van der Waals surface area (Å²) in [5, 5.41) is 14.4. The predicted octanol–water partition coefficient (Wildman–Crippen LogP) is 2.77. The molecule has 1 rings (SSSR count). The van der Waals surface area contributed by atoms with Gasteiger partial charge in [-0.05, 0) is 17.4 Å². The zero-order chi connectivity index (χ0) is 15.9. The molecule has 0 aliphatic rings. The van der Waals surface area contributed by atoms with Crippen molar-refractivity contribution in [1.29, 1.82) is 0 Å². The molecule has 1 aromatic carbocycles. The Labute approximate surface area is 125 Å². The number of rotatable bonds is 6. The maximum atomic E-state index is 11.9. The van der Waals surface area contributed by atoms with E-state index in [1.165, 1.54) is 0 Å². The maximum Gasteiger partial charge on any atom is 0.315 e. The first-order valence-electron chi connectivity index (χ1n) is 7.06. The van der Waals surface area contributed by atoms with Gasteiger partial charge in [-0.1, -0.05) is 51.1 Å². The summed E-state index contributed by atoms with van der Waals surface area (Å²) in [6, 6.07) is 8.85. The number of hydrogen-bond acceptors (Lipinski definition) is 2. The highest BCUT2D eigenvalue weighted by molar-refractivity contribution is 5.75. The van der Waals surface area contributed by atoms with Gasteiger partial charge in [0, 0.05) is 12.6 Å². The number of nitrogens with one attached hydrogen (secondary N) is 2. The zero-order valence-corrected chi connectivity index (χ0v) is 12.8. The van der Waals surface area contributed by atoms with Gasteiger partial charge in [-0.15, -0.1) is 0 Å². The highest BCUT2D eigenvalue weighted by Gasteiger charge is 2.22. The molecule has 0 bridgehead atoms. The first kappa shape index (κ1) is 17.0. The summed E-state index contributed by atoms with van der Waals surface area (Å²) in [6.45, 7) is 6.48. The topological polar surface area (TPSA) is 78.4 Å². The normalized spacial score (nSPS) is 12.5. The van der Waals surface area contributed by atoms with Crippen LogP contribution >= 0.6 is 0 Å². The number of benzene rings is 1. The lowest BCUT2D eigenvalue weighted by molar-refractivity contribution is -0.137. The van der Waals surface area contributed by atoms with Gasteiger partial charge < -0.3 is 15.7 Å². The molecule has 1 unspecified atom stereocenters. The third kappa shape index (κ3) is 7.97. The molecule has 5 nitrogen and oxygen atoms in total. The van der Waals surface area contributed by atoms with Crippen LogP contribution in [0.1, 0.15) is 39.2 Å². The van der Waals surface area contributed by atoms with E-state index >= 15 is 0 Å². The fraction of sp³-hybridized carbons (Fsp3) is 0.500. The largest absolute Gasteiger partial charge is 0.481 e. The fourth-order valence-corrected chi connectivity index (χ4v) is 2.14. The van der Waals surface area contributed by atoms with Gasteiger partial charge in [0.1, 0.15) is 0 Å². The van der Waals surface area contributed by atoms with Crippen LogP contribution in [0.2, 0.25) is 0 Å². The van der Waals surface area contributed by atoms with Gasteiger partial charge in [0.05, 0.1) is 6.42 Å². The van der Waals surface area contributed by atoms with E-state index in [1.54, 1.807) is 0 Å². The quantitative estimate of drug-likeness (QED) is 0.754. The van der Waals surface area contributed by atoms with E-state index in [0.717, 1.165) is 5.56 Å². The van der Waals surface area contributed by atoms with Crippen LogP contribution in [0.15, 0.2) is 30.3 Å². The average Bonchev–Trinajstić information content (AvgIpc) is 2.34. The molecule has 0 aliphatic carbocycles. The Morgan fingerprint density at radius 2 is 1.81 bits per heavy atom. The average molecular weight is 292 g/mol. The van der Waals surface area contributed by atoms with Gasteiger partial charge in [0.25, 0.3) is 0 Å². The molecule has 2 amide bonds. The molecule has 0 aromatic heterocycles. The van der Waals surface area contributed by atoms with Crippen molar-refractivity contribution in [3.63, 3.8) is 0 Å². The molecule has 0 fully saturated rings. The third-order valence-corrected chi connectivity index (χ3v) is 2.91. The predicted molar refractivity (Wildman–Crippen MR) is 81.9 cm³/mol. The summed E-state index contributed by atoms with van der Waals surface area (Å²) in [5.74, 6) is -0.910. The van der Waals surface area contributed by atoms with Crippen molar-refractivity contribution in [1.82, 2.24) is 10.6 Å². The van der Waals surface area contributed by atoms with E-state index in [1.807, 2.05) is 51.1 Å². The molecule has 1 atom stereocenters. The summed E-state index contributed by atoms with van der Waals surface area (Å²) in [5.41, 5.74) is 0.950. The van der Waals surface area contributed by atoms with Gasteiger partial charge in [-0.25, -0.2) is 4.79 Å². The van der Waals surface area contributed by atoms with Gasteiger partial charge >= 0.3 is 12.0 Å². The van der Waals surface area contributed by atoms with Crippen molar-refractivity contribution in [2.24, 2.45) is 5.41 Å². The van der Waals surface area contributed by atoms with Crippen molar-refractivity contribution in [2.75, 3.05) is 0 Å². The van der Waals surface area contributed by atoms with Crippen LogP contribution in [0.5, 0.6) is 0 Å². The Morgan fingerprint density at radius 3 is 2.33 bits per heavy atom. The Balaban J connectivity index is 2.49. The van der Waals surface area contributed by atoms with Crippen LogP contribution < -0.4 is 10.6 Å². The smallest absolute Gasteiger partial charge is 0.315 e. The molecule has 116 valence electrons. The third-order valence-electron chi connectivity index (χ3n) is 2.91. The van der Waals surface area contributed by atoms with Crippen molar-refractivity contribution < 1.29 is 14.7 Å². The van der Waals surface area contributed by atoms with E-state index in [9.17, 15) is 9.59 Å². The molecular formula is C16H24N2O3. The Kier molecular flexibility index (Phi) is 6.21. The zero-order valence-electron chi connectivity index (χ0n) is 12.8. The maximum absolute atomic E-state index is 11.9. The molecule has 0 spiro atoms. The molecule has 0 heterocycles. The number of amides is 2. The molecule has 1 aromatic rings. The van der Waals surface area contributed by atoms with Gasteiger partial charge in [0.2, 0.25) is 0 Å². The lowest BCUT2D eigenvalue weighted by Crippen LogP contribution is -2.44. The van der Waals surface area contributed by atoms with Crippen LogP contribution in [0.25, 0.3) is 0 Å². The van der Waals surface area contributed by atoms with Gasteiger partial charge in [-0.2, -0.15) is 0 Å². The van der Waals surface area contributed by atoms with Crippen LogP contribution in [-0.2, 0) is 11.3 Å². The highest BCUT2D eigenvalue weighted by atomic mass is 16.4. The monoisotopic (exact) mass is 292 g/mol. The number of hydrogen-bond donors (Lipinski definition) is 3. The molecule has 21 heavy (non-hydrogen) atoms. The first-order chi connectivity index (χ1) is 9.76. The van der Waals surface area contributed by atoms with E-state index in [-0.39, 0.29) is 23.9 Å². The minimum absolute atomic E-state index is 0.0488. The lowest BCUT2D eigenvalue weighted by atomic mass is 9.87. The van der Waals surface area contributed by atoms with Crippen molar-refractivity contribution in [3.05, 3.63) is 35.9 Å². The molecule has 0 radical (unpaired) electrons. The van der Waals surface area contributed by atoms with Crippen LogP contribution in [0.4, 0.5) is 4.79 Å². The van der Waals surface area contributed by atoms with E-state index < -0.39 is 5.97 Å². The highest BCUT2D eigenvalue weighted by Crippen LogP contribution is 2.22. The Bertz CT molecular complexity index is 466. The summed E-state index contributed by atoms with van der Waals surface area (Å²) >= 11 is 0. The number of urea groups is 1. The number of aliphatic carboxylic acids is 1. The van der Waals surface area contributed by atoms with Gasteiger partial charge in [-0.3, -0.25) is 4.79 Å².